The monoisotopic (exact) mass is 524 g/mol. The molecule has 190 valence electrons. The van der Waals surface area contributed by atoms with Gasteiger partial charge in [-0.05, 0) is 54.2 Å². The summed E-state index contributed by atoms with van der Waals surface area (Å²) in [5, 5.41) is 3.91. The highest BCUT2D eigenvalue weighted by Crippen LogP contribution is 2.25. The summed E-state index contributed by atoms with van der Waals surface area (Å²) in [4.78, 5) is 29.1. The molecular formula is C30H34Cl2N2O2. The van der Waals surface area contributed by atoms with Crippen molar-refractivity contribution in [3.63, 3.8) is 0 Å². The SMILES string of the molecule is Cc1ccc(C)c(CC(=O)N(Cc2ccc(Cl)c(Cl)c2)[C@H](Cc2ccccc2)C(=O)NCC(C)C)c1. The Hall–Kier alpha value is -2.82. The Bertz CT molecular complexity index is 1190. The van der Waals surface area contributed by atoms with Gasteiger partial charge in [0, 0.05) is 19.5 Å². The highest BCUT2D eigenvalue weighted by molar-refractivity contribution is 6.42. The van der Waals surface area contributed by atoms with Gasteiger partial charge in [0.25, 0.3) is 0 Å². The molecule has 36 heavy (non-hydrogen) atoms. The number of hydrogen-bond donors (Lipinski definition) is 1. The van der Waals surface area contributed by atoms with E-state index in [1.165, 1.54) is 0 Å². The lowest BCUT2D eigenvalue weighted by atomic mass is 9.99. The molecular weight excluding hydrogens is 491 g/mol. The smallest absolute Gasteiger partial charge is 0.243 e. The van der Waals surface area contributed by atoms with Crippen molar-refractivity contribution in [3.8, 4) is 0 Å². The van der Waals surface area contributed by atoms with Crippen LogP contribution in [0.5, 0.6) is 0 Å². The number of benzene rings is 3. The van der Waals surface area contributed by atoms with Gasteiger partial charge >= 0.3 is 0 Å². The molecule has 4 nitrogen and oxygen atoms in total. The van der Waals surface area contributed by atoms with E-state index >= 15 is 0 Å². The van der Waals surface area contributed by atoms with Crippen molar-refractivity contribution in [1.29, 1.82) is 0 Å². The fourth-order valence-corrected chi connectivity index (χ4v) is 4.39. The van der Waals surface area contributed by atoms with Crippen molar-refractivity contribution >= 4 is 35.0 Å². The van der Waals surface area contributed by atoms with Gasteiger partial charge in [0.1, 0.15) is 6.04 Å². The summed E-state index contributed by atoms with van der Waals surface area (Å²) in [7, 11) is 0. The van der Waals surface area contributed by atoms with E-state index in [2.05, 4.69) is 5.32 Å². The van der Waals surface area contributed by atoms with Gasteiger partial charge in [-0.2, -0.15) is 0 Å². The molecule has 2 amide bonds. The van der Waals surface area contributed by atoms with Crippen molar-refractivity contribution < 1.29 is 9.59 Å². The Morgan fingerprint density at radius 3 is 2.28 bits per heavy atom. The molecule has 3 rings (SSSR count). The van der Waals surface area contributed by atoms with Gasteiger partial charge in [0.05, 0.1) is 16.5 Å². The largest absolute Gasteiger partial charge is 0.354 e. The predicted molar refractivity (Wildman–Crippen MR) is 148 cm³/mol. The maximum absolute atomic E-state index is 13.9. The number of amides is 2. The average molecular weight is 526 g/mol. The van der Waals surface area contributed by atoms with Crippen LogP contribution in [0.15, 0.2) is 66.7 Å². The molecule has 0 saturated carbocycles. The molecule has 3 aromatic carbocycles. The van der Waals surface area contributed by atoms with Crippen LogP contribution in [0, 0.1) is 19.8 Å². The molecule has 0 spiro atoms. The number of carbonyl (C=O) groups excluding carboxylic acids is 2. The molecule has 0 heterocycles. The van der Waals surface area contributed by atoms with Crippen LogP contribution in [0.4, 0.5) is 0 Å². The van der Waals surface area contributed by atoms with E-state index in [4.69, 9.17) is 23.2 Å². The molecule has 3 aromatic rings. The third-order valence-electron chi connectivity index (χ3n) is 6.14. The molecule has 1 N–H and O–H groups in total. The lowest BCUT2D eigenvalue weighted by Gasteiger charge is -2.32. The quantitative estimate of drug-likeness (QED) is 0.326. The average Bonchev–Trinajstić information content (AvgIpc) is 2.84. The minimum Gasteiger partial charge on any atom is -0.354 e. The molecule has 0 unspecified atom stereocenters. The first-order valence-corrected chi connectivity index (χ1v) is 13.0. The predicted octanol–water partition coefficient (Wildman–Crippen LogP) is 6.57. The zero-order valence-corrected chi connectivity index (χ0v) is 22.9. The van der Waals surface area contributed by atoms with E-state index in [-0.39, 0.29) is 24.8 Å². The number of nitrogens with zero attached hydrogens (tertiary/aromatic N) is 1. The lowest BCUT2D eigenvalue weighted by Crippen LogP contribution is -2.51. The molecule has 0 bridgehead atoms. The first-order valence-electron chi connectivity index (χ1n) is 12.2. The summed E-state index contributed by atoms with van der Waals surface area (Å²) in [5.41, 5.74) is 4.90. The van der Waals surface area contributed by atoms with Gasteiger partial charge in [0.2, 0.25) is 11.8 Å². The summed E-state index contributed by atoms with van der Waals surface area (Å²) < 4.78 is 0. The third kappa shape index (κ3) is 7.84. The van der Waals surface area contributed by atoms with Crippen LogP contribution in [-0.2, 0) is 29.0 Å². The minimum atomic E-state index is -0.682. The number of hydrogen-bond acceptors (Lipinski definition) is 2. The Morgan fingerprint density at radius 2 is 1.61 bits per heavy atom. The highest BCUT2D eigenvalue weighted by atomic mass is 35.5. The molecule has 0 aliphatic rings. The second-order valence-electron chi connectivity index (χ2n) is 9.72. The van der Waals surface area contributed by atoms with Crippen molar-refractivity contribution in [2.24, 2.45) is 5.92 Å². The number of carbonyl (C=O) groups is 2. The molecule has 0 aromatic heterocycles. The summed E-state index contributed by atoms with van der Waals surface area (Å²) in [6.45, 7) is 8.89. The molecule has 0 aliphatic heterocycles. The molecule has 0 radical (unpaired) electrons. The van der Waals surface area contributed by atoms with Crippen LogP contribution < -0.4 is 5.32 Å². The van der Waals surface area contributed by atoms with Crippen LogP contribution in [0.25, 0.3) is 0 Å². The number of rotatable bonds is 10. The van der Waals surface area contributed by atoms with Gasteiger partial charge in [-0.1, -0.05) is 97.2 Å². The zero-order valence-electron chi connectivity index (χ0n) is 21.4. The van der Waals surface area contributed by atoms with Gasteiger partial charge in [-0.25, -0.2) is 0 Å². The fraction of sp³-hybridized carbons (Fsp3) is 0.333. The lowest BCUT2D eigenvalue weighted by molar-refractivity contribution is -0.140. The zero-order chi connectivity index (χ0) is 26.2. The molecule has 6 heteroatoms. The highest BCUT2D eigenvalue weighted by Gasteiger charge is 2.30. The summed E-state index contributed by atoms with van der Waals surface area (Å²) in [6, 6.07) is 20.5. The summed E-state index contributed by atoms with van der Waals surface area (Å²) in [5.74, 6) is 0.0119. The van der Waals surface area contributed by atoms with Crippen molar-refractivity contribution in [3.05, 3.63) is 105 Å². The van der Waals surface area contributed by atoms with Crippen LogP contribution in [0.2, 0.25) is 10.0 Å². The van der Waals surface area contributed by atoms with E-state index in [1.807, 2.05) is 82.3 Å². The Balaban J connectivity index is 2.00. The van der Waals surface area contributed by atoms with E-state index < -0.39 is 6.04 Å². The first-order chi connectivity index (χ1) is 17.1. The summed E-state index contributed by atoms with van der Waals surface area (Å²) >= 11 is 12.4. The number of nitrogens with one attached hydrogen (secondary N) is 1. The van der Waals surface area contributed by atoms with Gasteiger partial charge < -0.3 is 10.2 Å². The van der Waals surface area contributed by atoms with E-state index in [9.17, 15) is 9.59 Å². The third-order valence-corrected chi connectivity index (χ3v) is 6.88. The molecule has 0 saturated heterocycles. The van der Waals surface area contributed by atoms with Gasteiger partial charge in [-0.15, -0.1) is 0 Å². The maximum Gasteiger partial charge on any atom is 0.243 e. The van der Waals surface area contributed by atoms with Crippen LogP contribution in [-0.4, -0.2) is 29.3 Å². The molecule has 0 aliphatic carbocycles. The van der Waals surface area contributed by atoms with Crippen LogP contribution >= 0.6 is 23.2 Å². The summed E-state index contributed by atoms with van der Waals surface area (Å²) in [6.07, 6.45) is 0.613. The Morgan fingerprint density at radius 1 is 0.889 bits per heavy atom. The van der Waals surface area contributed by atoms with Crippen LogP contribution in [0.3, 0.4) is 0 Å². The minimum absolute atomic E-state index is 0.115. The van der Waals surface area contributed by atoms with Gasteiger partial charge in [0.15, 0.2) is 0 Å². The molecule has 1 atom stereocenters. The van der Waals surface area contributed by atoms with E-state index in [0.29, 0.717) is 28.9 Å². The second-order valence-corrected chi connectivity index (χ2v) is 10.5. The normalized spacial score (nSPS) is 11.9. The van der Waals surface area contributed by atoms with Gasteiger partial charge in [-0.3, -0.25) is 9.59 Å². The number of halogens is 2. The second kappa shape index (κ2) is 12.9. The van der Waals surface area contributed by atoms with Crippen molar-refractivity contribution in [2.45, 2.75) is 53.1 Å². The maximum atomic E-state index is 13.9. The van der Waals surface area contributed by atoms with E-state index in [1.54, 1.807) is 17.0 Å². The fourth-order valence-electron chi connectivity index (χ4n) is 4.07. The van der Waals surface area contributed by atoms with E-state index in [0.717, 1.165) is 27.8 Å². The Labute approximate surface area is 224 Å². The number of aryl methyl sites for hydroxylation is 2. The van der Waals surface area contributed by atoms with Crippen molar-refractivity contribution in [2.75, 3.05) is 6.54 Å². The Kier molecular flexibility index (Phi) is 9.98. The van der Waals surface area contributed by atoms with Crippen molar-refractivity contribution in [1.82, 2.24) is 10.2 Å². The molecule has 0 fully saturated rings. The first kappa shape index (κ1) is 27.8. The topological polar surface area (TPSA) is 49.4 Å². The van der Waals surface area contributed by atoms with Crippen LogP contribution in [0.1, 0.15) is 41.7 Å². The standard InChI is InChI=1S/C30H34Cl2N2O2/c1-20(2)18-33-30(36)28(16-23-8-6-5-7-9-23)34(19-24-12-13-26(31)27(32)15-24)29(35)17-25-14-21(3)10-11-22(25)4/h5-15,20,28H,16-19H2,1-4H3,(H,33,36)/t28-/m1/s1.